The Hall–Kier alpha value is -2.44. The van der Waals surface area contributed by atoms with E-state index in [-0.39, 0.29) is 0 Å². The summed E-state index contributed by atoms with van der Waals surface area (Å²) in [4.78, 5) is 10.9. The predicted molar refractivity (Wildman–Crippen MR) is 62.2 cm³/mol. The number of rotatable bonds is 4. The lowest BCUT2D eigenvalue weighted by Crippen LogP contribution is -2.18. The van der Waals surface area contributed by atoms with Crippen molar-refractivity contribution in [2.24, 2.45) is 0 Å². The summed E-state index contributed by atoms with van der Waals surface area (Å²) in [6.07, 6.45) is 0. The summed E-state index contributed by atoms with van der Waals surface area (Å²) >= 11 is 0. The summed E-state index contributed by atoms with van der Waals surface area (Å²) in [5.41, 5.74) is 0.730. The molecule has 1 heterocycles. The molecule has 0 saturated carbocycles. The molecule has 1 N–H and O–H groups in total. The molecule has 94 valence electrons. The Morgan fingerprint density at radius 3 is 2.61 bits per heavy atom. The van der Waals surface area contributed by atoms with E-state index in [4.69, 9.17) is 9.84 Å². The molecule has 0 spiro atoms. The summed E-state index contributed by atoms with van der Waals surface area (Å²) in [6.45, 7) is 1.52. The Bertz CT molecular complexity index is 550. The molecule has 7 heteroatoms. The fraction of sp³-hybridized carbons (Fsp3) is 0.273. The Morgan fingerprint density at radius 1 is 1.39 bits per heavy atom. The number of ether oxygens (including phenoxy) is 1. The molecule has 0 fully saturated rings. The van der Waals surface area contributed by atoms with Gasteiger partial charge in [0.05, 0.1) is 7.11 Å². The van der Waals surface area contributed by atoms with Gasteiger partial charge in [0.2, 0.25) is 0 Å². The minimum Gasteiger partial charge on any atom is -0.497 e. The van der Waals surface area contributed by atoms with Crippen LogP contribution in [0.25, 0.3) is 11.4 Å². The van der Waals surface area contributed by atoms with Crippen molar-refractivity contribution >= 4 is 5.97 Å². The van der Waals surface area contributed by atoms with Gasteiger partial charge in [-0.15, -0.1) is 5.10 Å². The number of aromatic nitrogens is 4. The third kappa shape index (κ3) is 2.15. The van der Waals surface area contributed by atoms with Gasteiger partial charge >= 0.3 is 5.97 Å². The van der Waals surface area contributed by atoms with Crippen LogP contribution in [0.1, 0.15) is 13.0 Å². The third-order valence-corrected chi connectivity index (χ3v) is 2.57. The van der Waals surface area contributed by atoms with Crippen LogP contribution in [0.2, 0.25) is 0 Å². The maximum absolute atomic E-state index is 10.9. The molecule has 0 radical (unpaired) electrons. The van der Waals surface area contributed by atoms with Crippen LogP contribution in [-0.2, 0) is 4.79 Å². The number of tetrazole rings is 1. The van der Waals surface area contributed by atoms with Crippen LogP contribution >= 0.6 is 0 Å². The van der Waals surface area contributed by atoms with Gasteiger partial charge in [-0.05, 0) is 41.6 Å². The average molecular weight is 248 g/mol. The maximum Gasteiger partial charge on any atom is 0.328 e. The fourth-order valence-electron chi connectivity index (χ4n) is 1.49. The van der Waals surface area contributed by atoms with E-state index in [0.717, 1.165) is 5.56 Å². The first-order chi connectivity index (χ1) is 8.63. The van der Waals surface area contributed by atoms with Crippen molar-refractivity contribution in [3.05, 3.63) is 24.3 Å². The van der Waals surface area contributed by atoms with E-state index >= 15 is 0 Å². The predicted octanol–water partition coefficient (Wildman–Crippen LogP) is 0.994. The third-order valence-electron chi connectivity index (χ3n) is 2.57. The molecule has 0 amide bonds. The van der Waals surface area contributed by atoms with E-state index in [2.05, 4.69) is 15.5 Å². The number of hydrogen-bond donors (Lipinski definition) is 1. The second-order valence-corrected chi connectivity index (χ2v) is 3.69. The normalized spacial score (nSPS) is 12.1. The average Bonchev–Trinajstić information content (AvgIpc) is 2.87. The highest BCUT2D eigenvalue weighted by Gasteiger charge is 2.20. The zero-order valence-electron chi connectivity index (χ0n) is 9.94. The number of hydrogen-bond acceptors (Lipinski definition) is 5. The molecule has 7 nitrogen and oxygen atoms in total. The quantitative estimate of drug-likeness (QED) is 0.867. The van der Waals surface area contributed by atoms with E-state index in [1.54, 1.807) is 31.4 Å². The lowest BCUT2D eigenvalue weighted by Gasteiger charge is -2.08. The van der Waals surface area contributed by atoms with Crippen molar-refractivity contribution < 1.29 is 14.6 Å². The Balaban J connectivity index is 2.38. The molecule has 0 aliphatic heterocycles. The first-order valence-corrected chi connectivity index (χ1v) is 5.28. The molecular weight excluding hydrogens is 236 g/mol. The lowest BCUT2D eigenvalue weighted by molar-refractivity contribution is -0.140. The van der Waals surface area contributed by atoms with Crippen molar-refractivity contribution in [2.45, 2.75) is 13.0 Å². The van der Waals surface area contributed by atoms with Crippen LogP contribution in [-0.4, -0.2) is 38.4 Å². The number of methoxy groups -OCH3 is 1. The molecule has 2 aromatic rings. The number of carboxylic acids is 1. The summed E-state index contributed by atoms with van der Waals surface area (Å²) in [5.74, 6) is 0.133. The van der Waals surface area contributed by atoms with E-state index < -0.39 is 12.0 Å². The summed E-state index contributed by atoms with van der Waals surface area (Å²) in [5, 5.41) is 20.0. The monoisotopic (exact) mass is 248 g/mol. The van der Waals surface area contributed by atoms with Gasteiger partial charge in [-0.1, -0.05) is 0 Å². The maximum atomic E-state index is 10.9. The van der Waals surface area contributed by atoms with Crippen molar-refractivity contribution in [3.8, 4) is 17.1 Å². The van der Waals surface area contributed by atoms with Crippen LogP contribution in [0, 0.1) is 0 Å². The summed E-state index contributed by atoms with van der Waals surface area (Å²) in [6, 6.07) is 6.25. The molecule has 2 rings (SSSR count). The molecular formula is C11H12N4O3. The smallest absolute Gasteiger partial charge is 0.328 e. The number of benzene rings is 1. The molecule has 18 heavy (non-hydrogen) atoms. The van der Waals surface area contributed by atoms with E-state index in [1.807, 2.05) is 0 Å². The molecule has 0 aliphatic rings. The zero-order valence-corrected chi connectivity index (χ0v) is 9.94. The van der Waals surface area contributed by atoms with Crippen molar-refractivity contribution in [2.75, 3.05) is 7.11 Å². The zero-order chi connectivity index (χ0) is 13.1. The molecule has 1 aromatic carbocycles. The van der Waals surface area contributed by atoms with Gasteiger partial charge in [-0.2, -0.15) is 0 Å². The van der Waals surface area contributed by atoms with Crippen molar-refractivity contribution in [1.82, 2.24) is 20.2 Å². The number of nitrogens with zero attached hydrogens (tertiary/aromatic N) is 4. The van der Waals surface area contributed by atoms with Gasteiger partial charge in [0.15, 0.2) is 11.9 Å². The summed E-state index contributed by atoms with van der Waals surface area (Å²) < 4.78 is 6.32. The number of carbonyl (C=O) groups is 1. The van der Waals surface area contributed by atoms with E-state index in [1.165, 1.54) is 11.6 Å². The molecule has 0 saturated heterocycles. The molecule has 1 atom stereocenters. The Kier molecular flexibility index (Phi) is 3.22. The largest absolute Gasteiger partial charge is 0.497 e. The minimum atomic E-state index is -0.989. The van der Waals surface area contributed by atoms with Crippen molar-refractivity contribution in [1.29, 1.82) is 0 Å². The highest BCUT2D eigenvalue weighted by atomic mass is 16.5. The second-order valence-electron chi connectivity index (χ2n) is 3.69. The first kappa shape index (κ1) is 12.0. The number of aliphatic carboxylic acids is 1. The molecule has 1 aromatic heterocycles. The van der Waals surface area contributed by atoms with Crippen LogP contribution in [0.3, 0.4) is 0 Å². The van der Waals surface area contributed by atoms with E-state index in [0.29, 0.717) is 11.6 Å². The van der Waals surface area contributed by atoms with Gasteiger partial charge in [-0.3, -0.25) is 0 Å². The van der Waals surface area contributed by atoms with Gasteiger partial charge < -0.3 is 9.84 Å². The minimum absolute atomic E-state index is 0.410. The Labute approximate surface area is 103 Å². The molecule has 0 bridgehead atoms. The number of carboxylic acid groups (broad SMARTS) is 1. The second kappa shape index (κ2) is 4.82. The van der Waals surface area contributed by atoms with Gasteiger partial charge in [0, 0.05) is 5.56 Å². The van der Waals surface area contributed by atoms with Gasteiger partial charge in [-0.25, -0.2) is 9.48 Å². The lowest BCUT2D eigenvalue weighted by atomic mass is 10.2. The van der Waals surface area contributed by atoms with Gasteiger partial charge in [0.1, 0.15) is 5.75 Å². The highest BCUT2D eigenvalue weighted by Crippen LogP contribution is 2.21. The first-order valence-electron chi connectivity index (χ1n) is 5.28. The van der Waals surface area contributed by atoms with E-state index in [9.17, 15) is 4.79 Å². The molecule has 0 aliphatic carbocycles. The standard InChI is InChI=1S/C11H12N4O3/c1-7(11(16)17)15-10(12-13-14-15)8-3-5-9(18-2)6-4-8/h3-7H,1-2H3,(H,16,17). The molecule has 1 unspecified atom stereocenters. The van der Waals surface area contributed by atoms with Crippen LogP contribution in [0.5, 0.6) is 5.75 Å². The van der Waals surface area contributed by atoms with Crippen LogP contribution in [0.15, 0.2) is 24.3 Å². The SMILES string of the molecule is COc1ccc(-c2nnnn2C(C)C(=O)O)cc1. The van der Waals surface area contributed by atoms with Crippen LogP contribution in [0.4, 0.5) is 0 Å². The Morgan fingerprint density at radius 2 is 2.06 bits per heavy atom. The van der Waals surface area contributed by atoms with Gasteiger partial charge in [0.25, 0.3) is 0 Å². The topological polar surface area (TPSA) is 90.1 Å². The summed E-state index contributed by atoms with van der Waals surface area (Å²) in [7, 11) is 1.57. The fourth-order valence-corrected chi connectivity index (χ4v) is 1.49. The van der Waals surface area contributed by atoms with Crippen molar-refractivity contribution in [3.63, 3.8) is 0 Å². The highest BCUT2D eigenvalue weighted by molar-refractivity contribution is 5.72. The van der Waals surface area contributed by atoms with Crippen LogP contribution < -0.4 is 4.74 Å².